The molecule has 15 heavy (non-hydrogen) atoms. The van der Waals surface area contributed by atoms with Gasteiger partial charge in [-0.25, -0.2) is 4.79 Å². The first kappa shape index (κ1) is 11.2. The summed E-state index contributed by atoms with van der Waals surface area (Å²) in [7, 11) is 0. The molecule has 0 saturated heterocycles. The van der Waals surface area contributed by atoms with E-state index < -0.39 is 5.97 Å². The van der Waals surface area contributed by atoms with Crippen molar-refractivity contribution >= 4 is 17.6 Å². The predicted molar refractivity (Wildman–Crippen MR) is 56.8 cm³/mol. The van der Waals surface area contributed by atoms with Gasteiger partial charge in [-0.15, -0.1) is 10.2 Å². The van der Waals surface area contributed by atoms with Crippen LogP contribution in [0.5, 0.6) is 0 Å². The van der Waals surface area contributed by atoms with Gasteiger partial charge in [-0.2, -0.15) is 0 Å². The Morgan fingerprint density at radius 1 is 1.47 bits per heavy atom. The standard InChI is InChI=1S/C9H14N4O2/c1-9(2,3)11-7-5(8(14)15)4-6(10)12-13-7/h4H,1-3H3,(H2,10,12)(H,11,13)(H,14,15). The fraction of sp³-hybridized carbons (Fsp3) is 0.444. The minimum Gasteiger partial charge on any atom is -0.478 e. The van der Waals surface area contributed by atoms with Crippen LogP contribution < -0.4 is 11.1 Å². The molecule has 0 aliphatic rings. The molecule has 1 aromatic rings. The summed E-state index contributed by atoms with van der Waals surface area (Å²) in [5, 5.41) is 19.2. The molecule has 1 rings (SSSR count). The molecule has 1 heterocycles. The minimum absolute atomic E-state index is 0.0254. The third-order valence-corrected chi connectivity index (χ3v) is 1.54. The maximum atomic E-state index is 10.9. The molecule has 0 fully saturated rings. The van der Waals surface area contributed by atoms with Crippen LogP contribution in [0.4, 0.5) is 11.6 Å². The van der Waals surface area contributed by atoms with Crippen molar-refractivity contribution in [3.05, 3.63) is 11.6 Å². The molecular formula is C9H14N4O2. The molecule has 0 radical (unpaired) electrons. The summed E-state index contributed by atoms with van der Waals surface area (Å²) in [6.45, 7) is 5.70. The molecule has 82 valence electrons. The van der Waals surface area contributed by atoms with E-state index >= 15 is 0 Å². The number of carbonyl (C=O) groups is 1. The van der Waals surface area contributed by atoms with Crippen LogP contribution >= 0.6 is 0 Å². The molecule has 6 nitrogen and oxygen atoms in total. The summed E-state index contributed by atoms with van der Waals surface area (Å²) in [4.78, 5) is 10.9. The van der Waals surface area contributed by atoms with Gasteiger partial charge in [-0.1, -0.05) is 0 Å². The summed E-state index contributed by atoms with van der Waals surface area (Å²) in [5.74, 6) is -0.764. The van der Waals surface area contributed by atoms with Crippen LogP contribution in [-0.4, -0.2) is 26.8 Å². The fourth-order valence-corrected chi connectivity index (χ4v) is 1.02. The van der Waals surface area contributed by atoms with Gasteiger partial charge in [0.1, 0.15) is 11.4 Å². The number of nitrogens with one attached hydrogen (secondary N) is 1. The molecule has 0 bridgehead atoms. The van der Waals surface area contributed by atoms with Gasteiger partial charge in [0.2, 0.25) is 0 Å². The Hall–Kier alpha value is -1.85. The summed E-state index contributed by atoms with van der Waals surface area (Å²) in [5.41, 5.74) is 5.11. The number of nitrogen functional groups attached to an aromatic ring is 1. The van der Waals surface area contributed by atoms with E-state index in [9.17, 15) is 4.79 Å². The van der Waals surface area contributed by atoms with E-state index in [1.807, 2.05) is 20.8 Å². The number of aromatic carboxylic acids is 1. The van der Waals surface area contributed by atoms with Crippen molar-refractivity contribution in [2.24, 2.45) is 0 Å². The number of aromatic nitrogens is 2. The minimum atomic E-state index is -1.08. The lowest BCUT2D eigenvalue weighted by molar-refractivity contribution is 0.0697. The zero-order chi connectivity index (χ0) is 11.6. The van der Waals surface area contributed by atoms with Crippen molar-refractivity contribution in [2.75, 3.05) is 11.1 Å². The highest BCUT2D eigenvalue weighted by atomic mass is 16.4. The molecule has 6 heteroatoms. The number of hydrogen-bond donors (Lipinski definition) is 3. The van der Waals surface area contributed by atoms with Crippen molar-refractivity contribution < 1.29 is 9.90 Å². The summed E-state index contributed by atoms with van der Waals surface area (Å²) in [6.07, 6.45) is 0. The zero-order valence-corrected chi connectivity index (χ0v) is 8.90. The lowest BCUT2D eigenvalue weighted by atomic mass is 10.1. The monoisotopic (exact) mass is 210 g/mol. The van der Waals surface area contributed by atoms with E-state index in [0.29, 0.717) is 0 Å². The van der Waals surface area contributed by atoms with E-state index in [1.165, 1.54) is 6.07 Å². The number of hydrogen-bond acceptors (Lipinski definition) is 5. The highest BCUT2D eigenvalue weighted by Gasteiger charge is 2.18. The maximum absolute atomic E-state index is 10.9. The van der Waals surface area contributed by atoms with E-state index in [4.69, 9.17) is 10.8 Å². The number of nitrogens with zero attached hydrogens (tertiary/aromatic N) is 2. The highest BCUT2D eigenvalue weighted by Crippen LogP contribution is 2.17. The highest BCUT2D eigenvalue weighted by molar-refractivity contribution is 5.93. The first-order chi connectivity index (χ1) is 6.79. The Morgan fingerprint density at radius 3 is 2.53 bits per heavy atom. The number of carboxylic acids is 1. The average molecular weight is 210 g/mol. The largest absolute Gasteiger partial charge is 0.478 e. The van der Waals surface area contributed by atoms with Gasteiger partial charge in [0.05, 0.1) is 0 Å². The number of rotatable bonds is 2. The van der Waals surface area contributed by atoms with E-state index in [2.05, 4.69) is 15.5 Å². The summed E-state index contributed by atoms with van der Waals surface area (Å²) >= 11 is 0. The molecule has 0 amide bonds. The normalized spacial score (nSPS) is 11.1. The molecule has 0 aliphatic carbocycles. The second-order valence-electron chi connectivity index (χ2n) is 4.21. The number of anilines is 2. The summed E-state index contributed by atoms with van der Waals surface area (Å²) in [6, 6.07) is 1.28. The van der Waals surface area contributed by atoms with Crippen LogP contribution in [0.15, 0.2) is 6.07 Å². The van der Waals surface area contributed by atoms with Gasteiger partial charge in [-0.3, -0.25) is 0 Å². The van der Waals surface area contributed by atoms with Crippen LogP contribution in [0, 0.1) is 0 Å². The first-order valence-corrected chi connectivity index (χ1v) is 4.44. The van der Waals surface area contributed by atoms with Gasteiger partial charge >= 0.3 is 5.97 Å². The molecule has 0 unspecified atom stereocenters. The molecule has 0 aliphatic heterocycles. The molecule has 0 atom stereocenters. The predicted octanol–water partition coefficient (Wildman–Crippen LogP) is 0.967. The number of nitrogens with two attached hydrogens (primary N) is 1. The average Bonchev–Trinajstić information content (AvgIpc) is 2.05. The van der Waals surface area contributed by atoms with Gasteiger partial charge in [-0.05, 0) is 20.8 Å². The molecular weight excluding hydrogens is 196 g/mol. The van der Waals surface area contributed by atoms with Crippen molar-refractivity contribution in [2.45, 2.75) is 26.3 Å². The van der Waals surface area contributed by atoms with Gasteiger partial charge in [0, 0.05) is 11.6 Å². The van der Waals surface area contributed by atoms with Gasteiger partial charge in [0.25, 0.3) is 0 Å². The van der Waals surface area contributed by atoms with Crippen molar-refractivity contribution in [3.8, 4) is 0 Å². The van der Waals surface area contributed by atoms with E-state index in [0.717, 1.165) is 0 Å². The van der Waals surface area contributed by atoms with Crippen LogP contribution in [-0.2, 0) is 0 Å². The fourth-order valence-electron chi connectivity index (χ4n) is 1.02. The van der Waals surface area contributed by atoms with E-state index in [1.54, 1.807) is 0 Å². The molecule has 0 spiro atoms. The van der Waals surface area contributed by atoms with Crippen LogP contribution in [0.1, 0.15) is 31.1 Å². The maximum Gasteiger partial charge on any atom is 0.339 e. The summed E-state index contributed by atoms with van der Waals surface area (Å²) < 4.78 is 0. The third-order valence-electron chi connectivity index (χ3n) is 1.54. The SMILES string of the molecule is CC(C)(C)Nc1nnc(N)cc1C(=O)O. The topological polar surface area (TPSA) is 101 Å². The molecule has 1 aromatic heterocycles. The molecule has 0 saturated carbocycles. The van der Waals surface area contributed by atoms with Crippen molar-refractivity contribution in [1.82, 2.24) is 10.2 Å². The Balaban J connectivity index is 3.12. The van der Waals surface area contributed by atoms with Gasteiger partial charge in [0.15, 0.2) is 5.82 Å². The molecule has 0 aromatic carbocycles. The van der Waals surface area contributed by atoms with Crippen molar-refractivity contribution in [1.29, 1.82) is 0 Å². The quantitative estimate of drug-likeness (QED) is 0.672. The number of carboxylic acid groups (broad SMARTS) is 1. The Bertz CT molecular complexity index is 384. The Morgan fingerprint density at radius 2 is 2.07 bits per heavy atom. The first-order valence-electron chi connectivity index (χ1n) is 4.44. The van der Waals surface area contributed by atoms with Gasteiger partial charge < -0.3 is 16.2 Å². The Kier molecular flexibility index (Phi) is 2.78. The lowest BCUT2D eigenvalue weighted by Gasteiger charge is -2.21. The van der Waals surface area contributed by atoms with Crippen molar-refractivity contribution in [3.63, 3.8) is 0 Å². The Labute approximate surface area is 87.5 Å². The van der Waals surface area contributed by atoms with Crippen LogP contribution in [0.2, 0.25) is 0 Å². The lowest BCUT2D eigenvalue weighted by Crippen LogP contribution is -2.28. The van der Waals surface area contributed by atoms with E-state index in [-0.39, 0.29) is 22.7 Å². The second kappa shape index (κ2) is 3.72. The molecule has 4 N–H and O–H groups in total. The zero-order valence-electron chi connectivity index (χ0n) is 8.90. The van der Waals surface area contributed by atoms with Crippen LogP contribution in [0.25, 0.3) is 0 Å². The van der Waals surface area contributed by atoms with Crippen LogP contribution in [0.3, 0.4) is 0 Å². The smallest absolute Gasteiger partial charge is 0.339 e. The second-order valence-corrected chi connectivity index (χ2v) is 4.21. The third kappa shape index (κ3) is 3.08.